The lowest BCUT2D eigenvalue weighted by Crippen LogP contribution is -2.35. The first-order chi connectivity index (χ1) is 11.7. The standard InChI is InChI=1S/C16H18N6O2/c1-12-7-14(19-24-12)16(23)21-9-13(10-22-5-2-3-18-22)8-20-6-4-17-15(20)11-21/h2-7,13H,8-11H2,1H3/t13-/m0/s1. The van der Waals surface area contributed by atoms with E-state index >= 15 is 0 Å². The Balaban J connectivity index is 1.60. The van der Waals surface area contributed by atoms with Crippen molar-refractivity contribution < 1.29 is 9.32 Å². The van der Waals surface area contributed by atoms with Crippen LogP contribution in [0.1, 0.15) is 22.1 Å². The number of rotatable bonds is 3. The van der Waals surface area contributed by atoms with Crippen molar-refractivity contribution in [2.75, 3.05) is 6.54 Å². The second-order valence-electron chi connectivity index (χ2n) is 6.10. The van der Waals surface area contributed by atoms with Gasteiger partial charge in [-0.3, -0.25) is 9.48 Å². The average molecular weight is 326 g/mol. The fourth-order valence-electron chi connectivity index (χ4n) is 3.11. The number of amides is 1. The van der Waals surface area contributed by atoms with Gasteiger partial charge in [-0.2, -0.15) is 5.10 Å². The molecule has 0 bridgehead atoms. The number of carbonyl (C=O) groups excluding carboxylic acids is 1. The zero-order valence-electron chi connectivity index (χ0n) is 13.4. The van der Waals surface area contributed by atoms with Crippen molar-refractivity contribution >= 4 is 5.91 Å². The highest BCUT2D eigenvalue weighted by Crippen LogP contribution is 2.19. The molecule has 8 nitrogen and oxygen atoms in total. The van der Waals surface area contributed by atoms with Crippen LogP contribution in [-0.2, 0) is 19.6 Å². The van der Waals surface area contributed by atoms with Gasteiger partial charge in [0.05, 0.1) is 6.54 Å². The highest BCUT2D eigenvalue weighted by Gasteiger charge is 2.28. The van der Waals surface area contributed by atoms with Gasteiger partial charge in [0.15, 0.2) is 5.69 Å². The van der Waals surface area contributed by atoms with Crippen LogP contribution in [0.5, 0.6) is 0 Å². The molecule has 3 aromatic rings. The molecule has 124 valence electrons. The van der Waals surface area contributed by atoms with Crippen molar-refractivity contribution in [3.05, 3.63) is 54.2 Å². The Bertz CT molecular complexity index is 835. The summed E-state index contributed by atoms with van der Waals surface area (Å²) in [4.78, 5) is 19.0. The molecule has 0 N–H and O–H groups in total. The molecule has 4 heterocycles. The summed E-state index contributed by atoms with van der Waals surface area (Å²) in [7, 11) is 0. The van der Waals surface area contributed by atoms with Crippen molar-refractivity contribution in [3.8, 4) is 0 Å². The summed E-state index contributed by atoms with van der Waals surface area (Å²) in [6, 6.07) is 3.57. The maximum Gasteiger partial charge on any atom is 0.276 e. The predicted octanol–water partition coefficient (Wildman–Crippen LogP) is 1.35. The molecule has 0 aromatic carbocycles. The molecular formula is C16H18N6O2. The molecule has 1 atom stereocenters. The van der Waals surface area contributed by atoms with Crippen LogP contribution < -0.4 is 0 Å². The topological polar surface area (TPSA) is 82.0 Å². The molecule has 0 fully saturated rings. The van der Waals surface area contributed by atoms with Crippen LogP contribution in [0.25, 0.3) is 0 Å². The SMILES string of the molecule is Cc1cc(C(=O)N2Cc3nccn3C[C@H](Cn3cccn3)C2)no1. The molecule has 0 spiro atoms. The normalized spacial score (nSPS) is 17.5. The van der Waals surface area contributed by atoms with Gasteiger partial charge in [0.1, 0.15) is 11.6 Å². The largest absolute Gasteiger partial charge is 0.361 e. The molecule has 0 saturated carbocycles. The Kier molecular flexibility index (Phi) is 3.64. The number of hydrogen-bond donors (Lipinski definition) is 0. The molecule has 4 rings (SSSR count). The number of nitrogens with zero attached hydrogens (tertiary/aromatic N) is 6. The Morgan fingerprint density at radius 1 is 1.33 bits per heavy atom. The minimum atomic E-state index is -0.131. The molecule has 1 aliphatic heterocycles. The van der Waals surface area contributed by atoms with Crippen LogP contribution in [0.2, 0.25) is 0 Å². The van der Waals surface area contributed by atoms with Crippen molar-refractivity contribution in [2.24, 2.45) is 5.92 Å². The Labute approximate surface area is 138 Å². The number of hydrogen-bond acceptors (Lipinski definition) is 5. The molecule has 0 saturated heterocycles. The van der Waals surface area contributed by atoms with Crippen LogP contribution in [0.3, 0.4) is 0 Å². The molecule has 3 aromatic heterocycles. The number of aryl methyl sites for hydroxylation is 1. The van der Waals surface area contributed by atoms with Gasteiger partial charge in [-0.05, 0) is 13.0 Å². The fourth-order valence-corrected chi connectivity index (χ4v) is 3.11. The van der Waals surface area contributed by atoms with E-state index < -0.39 is 0 Å². The Morgan fingerprint density at radius 2 is 2.25 bits per heavy atom. The van der Waals surface area contributed by atoms with Gasteiger partial charge >= 0.3 is 0 Å². The van der Waals surface area contributed by atoms with Gasteiger partial charge in [-0.1, -0.05) is 5.16 Å². The summed E-state index contributed by atoms with van der Waals surface area (Å²) in [5, 5.41) is 8.13. The summed E-state index contributed by atoms with van der Waals surface area (Å²) >= 11 is 0. The molecule has 1 amide bonds. The van der Waals surface area contributed by atoms with Crippen molar-refractivity contribution in [1.29, 1.82) is 0 Å². The molecule has 0 radical (unpaired) electrons. The summed E-state index contributed by atoms with van der Waals surface area (Å²) in [6.45, 7) is 4.41. The fraction of sp³-hybridized carbons (Fsp3) is 0.375. The zero-order valence-corrected chi connectivity index (χ0v) is 13.4. The van der Waals surface area contributed by atoms with E-state index in [0.717, 1.165) is 18.9 Å². The van der Waals surface area contributed by atoms with E-state index in [1.165, 1.54) is 0 Å². The summed E-state index contributed by atoms with van der Waals surface area (Å²) < 4.78 is 9.05. The summed E-state index contributed by atoms with van der Waals surface area (Å²) in [5.74, 6) is 1.61. The lowest BCUT2D eigenvalue weighted by atomic mass is 10.1. The number of carbonyl (C=O) groups is 1. The second-order valence-corrected chi connectivity index (χ2v) is 6.10. The predicted molar refractivity (Wildman–Crippen MR) is 83.9 cm³/mol. The molecule has 0 unspecified atom stereocenters. The summed E-state index contributed by atoms with van der Waals surface area (Å²) in [5.41, 5.74) is 0.338. The zero-order chi connectivity index (χ0) is 16.5. The van der Waals surface area contributed by atoms with Gasteiger partial charge in [0.25, 0.3) is 5.91 Å². The Morgan fingerprint density at radius 3 is 3.00 bits per heavy atom. The van der Waals surface area contributed by atoms with Crippen molar-refractivity contribution in [1.82, 2.24) is 29.4 Å². The maximum absolute atomic E-state index is 12.8. The smallest absolute Gasteiger partial charge is 0.276 e. The minimum Gasteiger partial charge on any atom is -0.361 e. The van der Waals surface area contributed by atoms with E-state index in [-0.39, 0.29) is 11.8 Å². The molecule has 24 heavy (non-hydrogen) atoms. The third-order valence-corrected chi connectivity index (χ3v) is 4.21. The van der Waals surface area contributed by atoms with Gasteiger partial charge in [0, 0.05) is 56.4 Å². The van der Waals surface area contributed by atoms with E-state index in [4.69, 9.17) is 4.52 Å². The maximum atomic E-state index is 12.8. The number of imidazole rings is 1. The van der Waals surface area contributed by atoms with Crippen LogP contribution in [0.15, 0.2) is 41.4 Å². The third-order valence-electron chi connectivity index (χ3n) is 4.21. The second kappa shape index (κ2) is 5.95. The molecular weight excluding hydrogens is 308 g/mol. The first-order valence-electron chi connectivity index (χ1n) is 7.89. The van der Waals surface area contributed by atoms with Crippen LogP contribution >= 0.6 is 0 Å². The lowest BCUT2D eigenvalue weighted by Gasteiger charge is -2.23. The minimum absolute atomic E-state index is 0.131. The van der Waals surface area contributed by atoms with Gasteiger partial charge in [-0.25, -0.2) is 4.98 Å². The lowest BCUT2D eigenvalue weighted by molar-refractivity contribution is 0.0702. The van der Waals surface area contributed by atoms with E-state index in [2.05, 4.69) is 19.8 Å². The molecule has 0 aliphatic carbocycles. The monoisotopic (exact) mass is 326 g/mol. The first-order valence-corrected chi connectivity index (χ1v) is 7.89. The number of fused-ring (bicyclic) bond motifs is 1. The van der Waals surface area contributed by atoms with Crippen molar-refractivity contribution in [2.45, 2.75) is 26.6 Å². The highest BCUT2D eigenvalue weighted by atomic mass is 16.5. The van der Waals surface area contributed by atoms with Crippen LogP contribution in [-0.4, -0.2) is 41.8 Å². The Hall–Kier alpha value is -2.90. The van der Waals surface area contributed by atoms with E-state index in [1.54, 1.807) is 30.3 Å². The third kappa shape index (κ3) is 2.82. The van der Waals surface area contributed by atoms with Gasteiger partial charge < -0.3 is 14.0 Å². The molecule has 1 aliphatic rings. The summed E-state index contributed by atoms with van der Waals surface area (Å²) in [6.07, 6.45) is 7.43. The highest BCUT2D eigenvalue weighted by molar-refractivity contribution is 5.92. The first kappa shape index (κ1) is 14.7. The van der Waals surface area contributed by atoms with E-state index in [9.17, 15) is 4.79 Å². The average Bonchev–Trinajstić information content (AvgIpc) is 3.28. The van der Waals surface area contributed by atoms with Crippen LogP contribution in [0, 0.1) is 12.8 Å². The van der Waals surface area contributed by atoms with Gasteiger partial charge in [0.2, 0.25) is 0 Å². The quantitative estimate of drug-likeness (QED) is 0.725. The van der Waals surface area contributed by atoms with E-state index in [0.29, 0.717) is 24.5 Å². The number of aromatic nitrogens is 5. The van der Waals surface area contributed by atoms with Crippen molar-refractivity contribution in [3.63, 3.8) is 0 Å². The van der Waals surface area contributed by atoms with E-state index in [1.807, 2.05) is 23.1 Å². The molecule has 8 heteroatoms. The van der Waals surface area contributed by atoms with Crippen LogP contribution in [0.4, 0.5) is 0 Å². The van der Waals surface area contributed by atoms with Gasteiger partial charge in [-0.15, -0.1) is 0 Å².